The first-order chi connectivity index (χ1) is 17.0. The van der Waals surface area contributed by atoms with Crippen LogP contribution in [-0.4, -0.2) is 41.7 Å². The minimum Gasteiger partial charge on any atom is -0.490 e. The van der Waals surface area contributed by atoms with E-state index < -0.39 is 17.1 Å². The molecule has 0 aromatic heterocycles. The van der Waals surface area contributed by atoms with Crippen molar-refractivity contribution < 1.29 is 23.9 Å². The molecule has 3 amide bonds. The number of imide groups is 1. The number of carbonyl (C=O) groups excluding carboxylic acids is 3. The zero-order chi connectivity index (χ0) is 24.6. The van der Waals surface area contributed by atoms with Crippen LogP contribution in [-0.2, 0) is 9.59 Å². The van der Waals surface area contributed by atoms with Crippen LogP contribution in [0.4, 0.5) is 10.5 Å². The summed E-state index contributed by atoms with van der Waals surface area (Å²) in [5, 5.41) is 2.27. The lowest BCUT2D eigenvalue weighted by Crippen LogP contribution is -2.36. The predicted octanol–water partition coefficient (Wildman–Crippen LogP) is 5.13. The Morgan fingerprint density at radius 2 is 1.51 bits per heavy atom. The van der Waals surface area contributed by atoms with Crippen molar-refractivity contribution in [2.45, 2.75) is 6.92 Å². The second kappa shape index (κ2) is 11.4. The van der Waals surface area contributed by atoms with Crippen molar-refractivity contribution in [3.05, 3.63) is 94.9 Å². The van der Waals surface area contributed by atoms with Gasteiger partial charge in [0.25, 0.3) is 11.1 Å². The normalized spacial score (nSPS) is 14.3. The highest BCUT2D eigenvalue weighted by atomic mass is 32.2. The van der Waals surface area contributed by atoms with E-state index in [1.807, 2.05) is 49.4 Å². The summed E-state index contributed by atoms with van der Waals surface area (Å²) in [5.41, 5.74) is 2.28. The third kappa shape index (κ3) is 6.51. The van der Waals surface area contributed by atoms with Gasteiger partial charge in [-0.25, -0.2) is 0 Å². The Labute approximate surface area is 207 Å². The number of benzene rings is 3. The van der Waals surface area contributed by atoms with E-state index in [-0.39, 0.29) is 11.4 Å². The van der Waals surface area contributed by atoms with Crippen molar-refractivity contribution in [1.82, 2.24) is 4.90 Å². The molecule has 1 aliphatic heterocycles. The lowest BCUT2D eigenvalue weighted by Gasteiger charge is -2.13. The van der Waals surface area contributed by atoms with Gasteiger partial charge in [-0.2, -0.15) is 0 Å². The molecule has 8 heteroatoms. The summed E-state index contributed by atoms with van der Waals surface area (Å²) in [4.78, 5) is 38.7. The molecule has 1 heterocycles. The summed E-state index contributed by atoms with van der Waals surface area (Å²) in [6, 6.07) is 24.0. The molecular weight excluding hydrogens is 464 g/mol. The lowest BCUT2D eigenvalue weighted by atomic mass is 10.2. The van der Waals surface area contributed by atoms with Crippen LogP contribution >= 0.6 is 11.8 Å². The van der Waals surface area contributed by atoms with Crippen molar-refractivity contribution in [2.75, 3.05) is 25.1 Å². The fraction of sp³-hybridized carbons (Fsp3) is 0.148. The minimum absolute atomic E-state index is 0.267. The zero-order valence-electron chi connectivity index (χ0n) is 19.1. The summed E-state index contributed by atoms with van der Waals surface area (Å²) in [5.74, 6) is 0.534. The van der Waals surface area contributed by atoms with Crippen molar-refractivity contribution >= 4 is 40.6 Å². The molecule has 1 fully saturated rings. The van der Waals surface area contributed by atoms with Crippen LogP contribution in [0.1, 0.15) is 11.1 Å². The van der Waals surface area contributed by atoms with Crippen LogP contribution < -0.4 is 14.8 Å². The Kier molecular flexibility index (Phi) is 7.84. The Bertz CT molecular complexity index is 1240. The first-order valence-electron chi connectivity index (χ1n) is 11.0. The second-order valence-corrected chi connectivity index (χ2v) is 8.70. The highest BCUT2D eigenvalue weighted by Crippen LogP contribution is 2.32. The topological polar surface area (TPSA) is 84.9 Å². The number of nitrogens with one attached hydrogen (secondary N) is 1. The van der Waals surface area contributed by atoms with Crippen LogP contribution in [0.3, 0.4) is 0 Å². The Balaban J connectivity index is 1.29. The van der Waals surface area contributed by atoms with E-state index in [4.69, 9.17) is 9.47 Å². The average molecular weight is 489 g/mol. The smallest absolute Gasteiger partial charge is 0.294 e. The Morgan fingerprint density at radius 1 is 0.886 bits per heavy atom. The number of ether oxygens (including phenoxy) is 2. The number of hydrogen-bond acceptors (Lipinski definition) is 6. The fourth-order valence-electron chi connectivity index (χ4n) is 3.33. The molecule has 0 radical (unpaired) electrons. The Morgan fingerprint density at radius 3 is 2.20 bits per heavy atom. The van der Waals surface area contributed by atoms with Crippen LogP contribution in [0.15, 0.2) is 83.8 Å². The molecular formula is C27H24N2O5S. The van der Waals surface area contributed by atoms with Crippen LogP contribution in [0, 0.1) is 6.92 Å². The van der Waals surface area contributed by atoms with Gasteiger partial charge < -0.3 is 14.8 Å². The lowest BCUT2D eigenvalue weighted by molar-refractivity contribution is -0.127. The average Bonchev–Trinajstić information content (AvgIpc) is 3.12. The minimum atomic E-state index is -0.488. The van der Waals surface area contributed by atoms with Gasteiger partial charge in [0.05, 0.1) is 4.91 Å². The molecule has 1 N–H and O–H groups in total. The molecule has 35 heavy (non-hydrogen) atoms. The van der Waals surface area contributed by atoms with Gasteiger partial charge in [0.2, 0.25) is 5.91 Å². The number of aryl methyl sites for hydroxylation is 1. The summed E-state index contributed by atoms with van der Waals surface area (Å²) in [6.07, 6.45) is 1.63. The van der Waals surface area contributed by atoms with Gasteiger partial charge >= 0.3 is 0 Å². The number of amides is 3. The van der Waals surface area contributed by atoms with E-state index >= 15 is 0 Å². The monoisotopic (exact) mass is 488 g/mol. The summed E-state index contributed by atoms with van der Waals surface area (Å²) in [6.45, 7) is 2.33. The van der Waals surface area contributed by atoms with Crippen molar-refractivity contribution in [3.63, 3.8) is 0 Å². The summed E-state index contributed by atoms with van der Waals surface area (Å²) in [7, 11) is 0. The van der Waals surface area contributed by atoms with Gasteiger partial charge in [0, 0.05) is 5.69 Å². The number of nitrogens with zero attached hydrogens (tertiary/aromatic N) is 1. The van der Waals surface area contributed by atoms with Gasteiger partial charge in [-0.1, -0.05) is 48.5 Å². The van der Waals surface area contributed by atoms with E-state index in [9.17, 15) is 14.4 Å². The van der Waals surface area contributed by atoms with Crippen molar-refractivity contribution in [1.29, 1.82) is 0 Å². The summed E-state index contributed by atoms with van der Waals surface area (Å²) >= 11 is 0.818. The molecule has 0 unspecified atom stereocenters. The maximum Gasteiger partial charge on any atom is 0.294 e. The van der Waals surface area contributed by atoms with Gasteiger partial charge in [0.15, 0.2) is 0 Å². The highest BCUT2D eigenvalue weighted by molar-refractivity contribution is 8.18. The quantitative estimate of drug-likeness (QED) is 0.332. The molecule has 4 rings (SSSR count). The van der Waals surface area contributed by atoms with E-state index in [2.05, 4.69) is 5.32 Å². The number of hydrogen-bond donors (Lipinski definition) is 1. The van der Waals surface area contributed by atoms with E-state index in [1.54, 1.807) is 42.5 Å². The van der Waals surface area contributed by atoms with Gasteiger partial charge in [-0.3, -0.25) is 19.3 Å². The summed E-state index contributed by atoms with van der Waals surface area (Å²) < 4.78 is 11.3. The molecule has 7 nitrogen and oxygen atoms in total. The Hall–Kier alpha value is -4.04. The molecule has 3 aromatic rings. The molecule has 0 spiro atoms. The molecule has 0 atom stereocenters. The van der Waals surface area contributed by atoms with Crippen LogP contribution in [0.5, 0.6) is 11.5 Å². The first-order valence-corrected chi connectivity index (χ1v) is 11.8. The number of thioether (sulfide) groups is 1. The highest BCUT2D eigenvalue weighted by Gasteiger charge is 2.36. The van der Waals surface area contributed by atoms with Crippen LogP contribution in [0.25, 0.3) is 6.08 Å². The second-order valence-electron chi connectivity index (χ2n) is 7.71. The number of anilines is 1. The number of rotatable bonds is 9. The van der Waals surface area contributed by atoms with Crippen molar-refractivity contribution in [3.8, 4) is 11.5 Å². The zero-order valence-corrected chi connectivity index (χ0v) is 19.9. The standard InChI is InChI=1S/C27H24N2O5S/c1-19-7-5-6-10-23(19)28-25(30)18-29-26(31)24(35-27(29)32)17-20-11-13-22(14-12-20)34-16-15-33-21-8-3-2-4-9-21/h2-14,17H,15-16,18H2,1H3,(H,28,30)/b24-17+. The van der Waals surface area contributed by atoms with Crippen LogP contribution in [0.2, 0.25) is 0 Å². The largest absolute Gasteiger partial charge is 0.490 e. The molecule has 178 valence electrons. The van der Waals surface area contributed by atoms with Crippen molar-refractivity contribution in [2.24, 2.45) is 0 Å². The molecule has 1 saturated heterocycles. The third-order valence-corrected chi connectivity index (χ3v) is 6.04. The first kappa shape index (κ1) is 24.1. The fourth-order valence-corrected chi connectivity index (χ4v) is 4.17. The maximum absolute atomic E-state index is 12.7. The molecule has 1 aliphatic rings. The molecule has 0 bridgehead atoms. The molecule has 0 aliphatic carbocycles. The maximum atomic E-state index is 12.7. The number of para-hydroxylation sites is 2. The number of carbonyl (C=O) groups is 3. The van der Waals surface area contributed by atoms with Gasteiger partial charge in [0.1, 0.15) is 31.3 Å². The van der Waals surface area contributed by atoms with E-state index in [0.29, 0.717) is 24.7 Å². The van der Waals surface area contributed by atoms with Gasteiger partial charge in [-0.15, -0.1) is 0 Å². The predicted molar refractivity (Wildman–Crippen MR) is 136 cm³/mol. The SMILES string of the molecule is Cc1ccccc1NC(=O)CN1C(=O)S/C(=C/c2ccc(OCCOc3ccccc3)cc2)C1=O. The molecule has 0 saturated carbocycles. The molecule has 3 aromatic carbocycles. The third-order valence-electron chi connectivity index (χ3n) is 5.14. The van der Waals surface area contributed by atoms with E-state index in [0.717, 1.165) is 33.5 Å². The van der Waals surface area contributed by atoms with E-state index in [1.165, 1.54) is 0 Å². The van der Waals surface area contributed by atoms with Gasteiger partial charge in [-0.05, 0) is 66.2 Å².